The predicted octanol–water partition coefficient (Wildman–Crippen LogP) is 0.489. The number of rotatable bonds is 4. The van der Waals surface area contributed by atoms with Crippen molar-refractivity contribution in [3.63, 3.8) is 0 Å². The highest BCUT2D eigenvalue weighted by atomic mass is 16.4. The average Bonchev–Trinajstić information content (AvgIpc) is 2.61. The van der Waals surface area contributed by atoms with Crippen LogP contribution in [-0.2, 0) is 23.2 Å². The van der Waals surface area contributed by atoms with E-state index in [-0.39, 0.29) is 11.8 Å². The summed E-state index contributed by atoms with van der Waals surface area (Å²) in [5.74, 6) is -1.81. The predicted molar refractivity (Wildman–Crippen MR) is 63.5 cm³/mol. The molecule has 1 aromatic heterocycles. The zero-order chi connectivity index (χ0) is 13.3. The van der Waals surface area contributed by atoms with E-state index in [0.29, 0.717) is 19.4 Å². The summed E-state index contributed by atoms with van der Waals surface area (Å²) < 4.78 is 1.68. The van der Waals surface area contributed by atoms with Crippen molar-refractivity contribution in [2.45, 2.75) is 19.4 Å². The van der Waals surface area contributed by atoms with Crippen LogP contribution < -0.4 is 0 Å². The monoisotopic (exact) mass is 251 g/mol. The van der Waals surface area contributed by atoms with E-state index in [1.165, 1.54) is 0 Å². The van der Waals surface area contributed by atoms with E-state index in [4.69, 9.17) is 5.11 Å². The van der Waals surface area contributed by atoms with Gasteiger partial charge in [-0.2, -0.15) is 5.10 Å². The van der Waals surface area contributed by atoms with E-state index in [1.54, 1.807) is 22.8 Å². The molecular formula is C12H17N3O3. The largest absolute Gasteiger partial charge is 0.481 e. The van der Waals surface area contributed by atoms with Gasteiger partial charge in [0.2, 0.25) is 5.91 Å². The molecule has 6 nitrogen and oxygen atoms in total. The number of aliphatic carboxylic acids is 1. The molecule has 1 N–H and O–H groups in total. The summed E-state index contributed by atoms with van der Waals surface area (Å²) in [6.07, 6.45) is 4.83. The molecule has 0 radical (unpaired) electrons. The molecule has 1 heterocycles. The summed E-state index contributed by atoms with van der Waals surface area (Å²) in [7, 11) is 3.52. The minimum Gasteiger partial charge on any atom is -0.481 e. The lowest BCUT2D eigenvalue weighted by Gasteiger charge is -2.34. The van der Waals surface area contributed by atoms with Crippen LogP contribution in [0.3, 0.4) is 0 Å². The van der Waals surface area contributed by atoms with Crippen LogP contribution in [0.15, 0.2) is 12.4 Å². The van der Waals surface area contributed by atoms with Gasteiger partial charge < -0.3 is 10.0 Å². The lowest BCUT2D eigenvalue weighted by atomic mass is 9.73. The minimum absolute atomic E-state index is 0.0856. The Morgan fingerprint density at radius 1 is 1.50 bits per heavy atom. The summed E-state index contributed by atoms with van der Waals surface area (Å²) in [4.78, 5) is 24.6. The third kappa shape index (κ3) is 2.37. The Bertz CT molecular complexity index is 469. The van der Waals surface area contributed by atoms with Crippen molar-refractivity contribution in [2.75, 3.05) is 7.05 Å². The maximum Gasteiger partial charge on any atom is 0.307 e. The molecule has 6 heteroatoms. The summed E-state index contributed by atoms with van der Waals surface area (Å²) in [5.41, 5.74) is 0.944. The summed E-state index contributed by atoms with van der Waals surface area (Å²) in [6, 6.07) is 0. The number of nitrogens with zero attached hydrogens (tertiary/aromatic N) is 3. The number of carbonyl (C=O) groups is 2. The fourth-order valence-electron chi connectivity index (χ4n) is 2.28. The van der Waals surface area contributed by atoms with Crippen molar-refractivity contribution in [1.29, 1.82) is 0 Å². The number of aromatic nitrogens is 2. The fraction of sp³-hybridized carbons (Fsp3) is 0.583. The minimum atomic E-state index is -0.866. The van der Waals surface area contributed by atoms with Gasteiger partial charge in [0.25, 0.3) is 0 Å². The Hall–Kier alpha value is -1.85. The lowest BCUT2D eigenvalue weighted by Crippen LogP contribution is -2.44. The third-order valence-corrected chi connectivity index (χ3v) is 3.46. The molecule has 18 heavy (non-hydrogen) atoms. The highest BCUT2D eigenvalue weighted by Crippen LogP contribution is 2.35. The number of carbonyl (C=O) groups excluding carboxylic acids is 1. The first-order valence-corrected chi connectivity index (χ1v) is 5.94. The molecule has 1 aliphatic rings. The third-order valence-electron chi connectivity index (χ3n) is 3.46. The first kappa shape index (κ1) is 12.6. The highest BCUT2D eigenvalue weighted by Gasteiger charge is 2.42. The van der Waals surface area contributed by atoms with Crippen LogP contribution in [0, 0.1) is 11.8 Å². The molecule has 2 rings (SSSR count). The topological polar surface area (TPSA) is 75.4 Å². The number of carboxylic acid groups (broad SMARTS) is 1. The second-order valence-electron chi connectivity index (χ2n) is 4.85. The zero-order valence-corrected chi connectivity index (χ0v) is 10.5. The maximum absolute atomic E-state index is 12.1. The molecule has 2 unspecified atom stereocenters. The van der Waals surface area contributed by atoms with Crippen molar-refractivity contribution >= 4 is 11.9 Å². The number of aryl methyl sites for hydroxylation is 1. The molecule has 0 bridgehead atoms. The van der Waals surface area contributed by atoms with Gasteiger partial charge in [0.15, 0.2) is 0 Å². The van der Waals surface area contributed by atoms with Crippen LogP contribution in [0.25, 0.3) is 0 Å². The fourth-order valence-corrected chi connectivity index (χ4v) is 2.28. The average molecular weight is 251 g/mol. The standard InChI is InChI=1S/C12H17N3O3/c1-14(6-8-5-13-15(2)7-8)11(16)9-3-4-10(9)12(17)18/h5,7,9-10H,3-4,6H2,1-2H3,(H,17,18). The molecule has 1 amide bonds. The Balaban J connectivity index is 1.95. The van der Waals surface area contributed by atoms with Crippen LogP contribution in [0.5, 0.6) is 0 Å². The van der Waals surface area contributed by atoms with Crippen LogP contribution in [0.2, 0.25) is 0 Å². The van der Waals surface area contributed by atoms with Gasteiger partial charge in [0.1, 0.15) is 0 Å². The van der Waals surface area contributed by atoms with E-state index < -0.39 is 11.9 Å². The van der Waals surface area contributed by atoms with Crippen molar-refractivity contribution in [2.24, 2.45) is 18.9 Å². The van der Waals surface area contributed by atoms with Gasteiger partial charge in [-0.05, 0) is 12.8 Å². The molecule has 1 saturated carbocycles. The molecule has 0 aromatic carbocycles. The van der Waals surface area contributed by atoms with Crippen molar-refractivity contribution in [1.82, 2.24) is 14.7 Å². The molecule has 1 aliphatic carbocycles. The van der Waals surface area contributed by atoms with Gasteiger partial charge in [0.05, 0.1) is 18.0 Å². The lowest BCUT2D eigenvalue weighted by molar-refractivity contribution is -0.156. The molecule has 0 spiro atoms. The molecule has 0 saturated heterocycles. The van der Waals surface area contributed by atoms with Gasteiger partial charge >= 0.3 is 5.97 Å². The number of hydrogen-bond donors (Lipinski definition) is 1. The maximum atomic E-state index is 12.1. The quantitative estimate of drug-likeness (QED) is 0.845. The number of hydrogen-bond acceptors (Lipinski definition) is 3. The molecular weight excluding hydrogens is 234 g/mol. The molecule has 0 aliphatic heterocycles. The van der Waals surface area contributed by atoms with Crippen LogP contribution >= 0.6 is 0 Å². The molecule has 2 atom stereocenters. The van der Waals surface area contributed by atoms with Crippen molar-refractivity contribution < 1.29 is 14.7 Å². The Morgan fingerprint density at radius 2 is 2.17 bits per heavy atom. The SMILES string of the molecule is CN(Cc1cnn(C)c1)C(=O)C1CCC1C(=O)O. The van der Waals surface area contributed by atoms with E-state index >= 15 is 0 Å². The van der Waals surface area contributed by atoms with Crippen LogP contribution in [0.4, 0.5) is 0 Å². The van der Waals surface area contributed by atoms with Gasteiger partial charge in [-0.15, -0.1) is 0 Å². The first-order valence-electron chi connectivity index (χ1n) is 5.94. The number of carboxylic acids is 1. The second-order valence-corrected chi connectivity index (χ2v) is 4.85. The Labute approximate surface area is 105 Å². The van der Waals surface area contributed by atoms with Crippen molar-refractivity contribution in [3.8, 4) is 0 Å². The summed E-state index contributed by atoms with van der Waals surface area (Å²) in [5, 5.41) is 13.0. The van der Waals surface area contributed by atoms with Crippen LogP contribution in [-0.4, -0.2) is 38.7 Å². The summed E-state index contributed by atoms with van der Waals surface area (Å²) in [6.45, 7) is 0.468. The van der Waals surface area contributed by atoms with E-state index in [2.05, 4.69) is 5.10 Å². The molecule has 1 aromatic rings. The van der Waals surface area contributed by atoms with Gasteiger partial charge in [-0.3, -0.25) is 14.3 Å². The normalized spacial score (nSPS) is 22.3. The smallest absolute Gasteiger partial charge is 0.307 e. The van der Waals surface area contributed by atoms with Gasteiger partial charge in [-0.25, -0.2) is 0 Å². The zero-order valence-electron chi connectivity index (χ0n) is 10.5. The molecule has 1 fully saturated rings. The molecule has 98 valence electrons. The van der Waals surface area contributed by atoms with Crippen molar-refractivity contribution in [3.05, 3.63) is 18.0 Å². The second kappa shape index (κ2) is 4.80. The van der Waals surface area contributed by atoms with E-state index in [1.807, 2.05) is 13.2 Å². The van der Waals surface area contributed by atoms with Gasteiger partial charge in [0, 0.05) is 32.4 Å². The van der Waals surface area contributed by atoms with Gasteiger partial charge in [-0.1, -0.05) is 0 Å². The number of amides is 1. The first-order chi connectivity index (χ1) is 8.49. The van der Waals surface area contributed by atoms with E-state index in [0.717, 1.165) is 5.56 Å². The van der Waals surface area contributed by atoms with E-state index in [9.17, 15) is 9.59 Å². The Kier molecular flexibility index (Phi) is 3.36. The highest BCUT2D eigenvalue weighted by molar-refractivity contribution is 5.86. The summed E-state index contributed by atoms with van der Waals surface area (Å²) >= 11 is 0. The Morgan fingerprint density at radius 3 is 2.61 bits per heavy atom. The van der Waals surface area contributed by atoms with Crippen LogP contribution in [0.1, 0.15) is 18.4 Å².